The highest BCUT2D eigenvalue weighted by Gasteiger charge is 2.37. The van der Waals surface area contributed by atoms with Gasteiger partial charge in [-0.1, -0.05) is 65.8 Å². The molecule has 0 aromatic heterocycles. The molecular weight excluding hydrogens is 240 g/mol. The molecule has 0 saturated carbocycles. The van der Waals surface area contributed by atoms with Gasteiger partial charge < -0.3 is 0 Å². The van der Waals surface area contributed by atoms with Gasteiger partial charge in [0.05, 0.1) is 0 Å². The zero-order valence-corrected chi connectivity index (χ0v) is 14.0. The van der Waals surface area contributed by atoms with Gasteiger partial charge in [-0.3, -0.25) is 0 Å². The van der Waals surface area contributed by atoms with Gasteiger partial charge in [-0.25, -0.2) is 0 Å². The van der Waals surface area contributed by atoms with Gasteiger partial charge in [-0.05, 0) is 58.8 Å². The highest BCUT2D eigenvalue weighted by atomic mass is 14.4. The van der Waals surface area contributed by atoms with E-state index in [4.69, 9.17) is 0 Å². The summed E-state index contributed by atoms with van der Waals surface area (Å²) in [6, 6.07) is 4.91. The van der Waals surface area contributed by atoms with Crippen molar-refractivity contribution in [2.45, 2.75) is 77.6 Å². The van der Waals surface area contributed by atoms with Crippen molar-refractivity contribution < 1.29 is 0 Å². The van der Waals surface area contributed by atoms with Crippen LogP contribution in [-0.4, -0.2) is 0 Å². The van der Waals surface area contributed by atoms with E-state index in [9.17, 15) is 0 Å². The van der Waals surface area contributed by atoms with Crippen LogP contribution in [0.3, 0.4) is 0 Å². The van der Waals surface area contributed by atoms with Gasteiger partial charge in [0.25, 0.3) is 0 Å². The Morgan fingerprint density at radius 3 is 2.10 bits per heavy atom. The molecule has 0 nitrogen and oxygen atoms in total. The summed E-state index contributed by atoms with van der Waals surface area (Å²) >= 11 is 0. The van der Waals surface area contributed by atoms with E-state index in [0.29, 0.717) is 10.8 Å². The predicted molar refractivity (Wildman–Crippen MR) is 90.4 cm³/mol. The molecule has 0 spiro atoms. The van der Waals surface area contributed by atoms with Gasteiger partial charge in [-0.15, -0.1) is 0 Å². The second-order valence-corrected chi connectivity index (χ2v) is 7.67. The summed E-state index contributed by atoms with van der Waals surface area (Å²) in [6.45, 7) is 15.9. The van der Waals surface area contributed by atoms with Crippen molar-refractivity contribution in [3.8, 4) is 0 Å². The van der Waals surface area contributed by atoms with Crippen LogP contribution in [0.15, 0.2) is 18.7 Å². The standard InChI is InChI=1S/C20H30/c1-7-9-10-16-14-18-17(13-15(16)8-2)19(3,4)11-12-20(18,5)6/h8,13-14H,2,7,9-12H2,1,3-6H3. The van der Waals surface area contributed by atoms with Crippen LogP contribution in [0.4, 0.5) is 0 Å². The minimum atomic E-state index is 0.298. The van der Waals surface area contributed by atoms with Crippen LogP contribution >= 0.6 is 0 Å². The summed E-state index contributed by atoms with van der Waals surface area (Å²) in [5, 5.41) is 0. The maximum atomic E-state index is 4.03. The summed E-state index contributed by atoms with van der Waals surface area (Å²) < 4.78 is 0. The zero-order valence-electron chi connectivity index (χ0n) is 14.0. The van der Waals surface area contributed by atoms with Crippen molar-refractivity contribution in [2.24, 2.45) is 0 Å². The van der Waals surface area contributed by atoms with E-state index >= 15 is 0 Å². The molecule has 20 heavy (non-hydrogen) atoms. The SMILES string of the molecule is C=Cc1cc2c(cc1CCCC)C(C)(C)CCC2(C)C. The molecule has 0 unspecified atom stereocenters. The van der Waals surface area contributed by atoms with E-state index in [-0.39, 0.29) is 0 Å². The first-order valence-corrected chi connectivity index (χ1v) is 8.12. The first-order chi connectivity index (χ1) is 9.31. The molecule has 0 amide bonds. The lowest BCUT2D eigenvalue weighted by Crippen LogP contribution is -2.34. The van der Waals surface area contributed by atoms with E-state index < -0.39 is 0 Å². The van der Waals surface area contributed by atoms with Gasteiger partial charge in [0, 0.05) is 0 Å². The van der Waals surface area contributed by atoms with Crippen LogP contribution in [0, 0.1) is 0 Å². The van der Waals surface area contributed by atoms with Crippen molar-refractivity contribution >= 4 is 6.08 Å². The average Bonchev–Trinajstić information content (AvgIpc) is 2.41. The summed E-state index contributed by atoms with van der Waals surface area (Å²) in [5.41, 5.74) is 6.57. The number of rotatable bonds is 4. The molecule has 1 aromatic rings. The average molecular weight is 270 g/mol. The van der Waals surface area contributed by atoms with Crippen LogP contribution < -0.4 is 0 Å². The predicted octanol–water partition coefficient (Wildman–Crippen LogP) is 6.02. The number of fused-ring (bicyclic) bond motifs is 1. The number of hydrogen-bond acceptors (Lipinski definition) is 0. The van der Waals surface area contributed by atoms with Crippen LogP contribution in [-0.2, 0) is 17.3 Å². The second-order valence-electron chi connectivity index (χ2n) is 7.67. The first kappa shape index (κ1) is 15.4. The van der Waals surface area contributed by atoms with Gasteiger partial charge >= 0.3 is 0 Å². The Kier molecular flexibility index (Phi) is 4.14. The Bertz CT molecular complexity index is 503. The molecule has 0 saturated heterocycles. The summed E-state index contributed by atoms with van der Waals surface area (Å²) in [6.07, 6.45) is 8.31. The summed E-state index contributed by atoms with van der Waals surface area (Å²) in [5.74, 6) is 0. The fourth-order valence-electron chi connectivity index (χ4n) is 3.45. The van der Waals surface area contributed by atoms with E-state index in [1.165, 1.54) is 43.2 Å². The Labute approximate surface area is 125 Å². The van der Waals surface area contributed by atoms with Crippen molar-refractivity contribution in [3.05, 3.63) is 41.0 Å². The van der Waals surface area contributed by atoms with Gasteiger partial charge in [0.2, 0.25) is 0 Å². The van der Waals surface area contributed by atoms with E-state index in [1.807, 2.05) is 6.08 Å². The van der Waals surface area contributed by atoms with Crippen molar-refractivity contribution in [1.82, 2.24) is 0 Å². The molecular formula is C20H30. The summed E-state index contributed by atoms with van der Waals surface area (Å²) in [4.78, 5) is 0. The number of unbranched alkanes of at least 4 members (excludes halogenated alkanes) is 1. The largest absolute Gasteiger partial charge is 0.0985 e. The molecule has 0 N–H and O–H groups in total. The molecule has 0 heteroatoms. The van der Waals surface area contributed by atoms with Crippen molar-refractivity contribution in [3.63, 3.8) is 0 Å². The zero-order chi connectivity index (χ0) is 15.0. The molecule has 0 bridgehead atoms. The van der Waals surface area contributed by atoms with Crippen LogP contribution in [0.2, 0.25) is 0 Å². The molecule has 0 radical (unpaired) electrons. The molecule has 1 aromatic carbocycles. The van der Waals surface area contributed by atoms with Gasteiger partial charge in [0.15, 0.2) is 0 Å². The lowest BCUT2D eigenvalue weighted by molar-refractivity contribution is 0.331. The van der Waals surface area contributed by atoms with E-state index in [0.717, 1.165) is 0 Å². The quantitative estimate of drug-likeness (QED) is 0.627. The Balaban J connectivity index is 2.58. The van der Waals surface area contributed by atoms with E-state index in [1.54, 1.807) is 11.1 Å². The van der Waals surface area contributed by atoms with Crippen molar-refractivity contribution in [1.29, 1.82) is 0 Å². The maximum absolute atomic E-state index is 4.03. The highest BCUT2D eigenvalue weighted by molar-refractivity contribution is 5.58. The monoisotopic (exact) mass is 270 g/mol. The topological polar surface area (TPSA) is 0 Å². The third-order valence-electron chi connectivity index (χ3n) is 5.13. The smallest absolute Gasteiger partial charge is 0.0100 e. The second kappa shape index (κ2) is 5.39. The maximum Gasteiger partial charge on any atom is -0.0100 e. The molecule has 2 rings (SSSR count). The number of aryl methyl sites for hydroxylation is 1. The fourth-order valence-corrected chi connectivity index (χ4v) is 3.45. The molecule has 1 aliphatic rings. The summed E-state index contributed by atoms with van der Waals surface area (Å²) in [7, 11) is 0. The molecule has 0 heterocycles. The normalized spacial score (nSPS) is 19.4. The van der Waals surface area contributed by atoms with Crippen LogP contribution in [0.1, 0.15) is 82.6 Å². The number of benzene rings is 1. The Morgan fingerprint density at radius 1 is 1.05 bits per heavy atom. The fraction of sp³-hybridized carbons (Fsp3) is 0.600. The van der Waals surface area contributed by atoms with Gasteiger partial charge in [0.1, 0.15) is 0 Å². The van der Waals surface area contributed by atoms with Crippen LogP contribution in [0.5, 0.6) is 0 Å². The lowest BCUT2D eigenvalue weighted by atomic mass is 9.62. The third kappa shape index (κ3) is 2.71. The minimum Gasteiger partial charge on any atom is -0.0985 e. The molecule has 110 valence electrons. The first-order valence-electron chi connectivity index (χ1n) is 8.12. The minimum absolute atomic E-state index is 0.298. The molecule has 0 atom stereocenters. The van der Waals surface area contributed by atoms with E-state index in [2.05, 4.69) is 53.3 Å². The molecule has 0 aliphatic heterocycles. The lowest BCUT2D eigenvalue weighted by Gasteiger charge is -2.42. The third-order valence-corrected chi connectivity index (χ3v) is 5.13. The highest BCUT2D eigenvalue weighted by Crippen LogP contribution is 2.46. The molecule has 1 aliphatic carbocycles. The Morgan fingerprint density at radius 2 is 1.60 bits per heavy atom. The molecule has 0 fully saturated rings. The Hall–Kier alpha value is -1.04. The van der Waals surface area contributed by atoms with Crippen molar-refractivity contribution in [2.75, 3.05) is 0 Å². The van der Waals surface area contributed by atoms with Gasteiger partial charge in [-0.2, -0.15) is 0 Å². The number of hydrogen-bond donors (Lipinski definition) is 0. The van der Waals surface area contributed by atoms with Crippen LogP contribution in [0.25, 0.3) is 6.08 Å².